The van der Waals surface area contributed by atoms with Crippen LogP contribution in [0.3, 0.4) is 0 Å². The van der Waals surface area contributed by atoms with Crippen molar-refractivity contribution < 1.29 is 4.74 Å². The fraction of sp³-hybridized carbons (Fsp3) is 0. The van der Waals surface area contributed by atoms with E-state index in [9.17, 15) is 0 Å². The van der Waals surface area contributed by atoms with Gasteiger partial charge < -0.3 is 24.3 Å². The van der Waals surface area contributed by atoms with Gasteiger partial charge in [0.15, 0.2) is 11.5 Å². The third-order valence-corrected chi connectivity index (χ3v) is 15.9. The highest BCUT2D eigenvalue weighted by Crippen LogP contribution is 2.54. The molecule has 15 rings (SSSR count). The maximum Gasteiger partial charge on any atom is 0.252 e. The molecule has 0 bridgehead atoms. The number of rotatable bonds is 6. The van der Waals surface area contributed by atoms with Crippen molar-refractivity contribution in [2.75, 3.05) is 19.6 Å². The van der Waals surface area contributed by atoms with E-state index >= 15 is 0 Å². The molecule has 0 atom stereocenters. The topological polar surface area (TPSA) is 22.2 Å². The number of fused-ring (bicyclic) bond motifs is 8. The van der Waals surface area contributed by atoms with Gasteiger partial charge in [-0.15, -0.1) is 0 Å². The summed E-state index contributed by atoms with van der Waals surface area (Å²) in [5, 5.41) is 0. The van der Waals surface area contributed by atoms with E-state index in [1.165, 1.54) is 65.7 Å². The van der Waals surface area contributed by atoms with E-state index in [0.717, 1.165) is 62.4 Å². The molecule has 7 heteroatoms. The zero-order valence-corrected chi connectivity index (χ0v) is 40.3. The van der Waals surface area contributed by atoms with Gasteiger partial charge in [-0.25, -0.2) is 0 Å². The van der Waals surface area contributed by atoms with Gasteiger partial charge in [-0.2, -0.15) is 0 Å². The number of hydrogen-bond acceptors (Lipinski definition) is 6. The Hall–Kier alpha value is -9.17. The second-order valence-electron chi connectivity index (χ2n) is 18.9. The van der Waals surface area contributed by atoms with Crippen LogP contribution in [0, 0.1) is 0 Å². The molecule has 5 nitrogen and oxygen atoms in total. The minimum atomic E-state index is -0.0305. The second-order valence-corrected chi connectivity index (χ2v) is 20.0. The van der Waals surface area contributed by atoms with Gasteiger partial charge in [-0.05, 0) is 160 Å². The molecule has 0 aromatic heterocycles. The fourth-order valence-electron chi connectivity index (χ4n) is 11.6. The lowest BCUT2D eigenvalue weighted by Gasteiger charge is -2.44. The number of anilines is 12. The number of para-hydroxylation sites is 7. The summed E-state index contributed by atoms with van der Waals surface area (Å²) in [7, 11) is 0. The van der Waals surface area contributed by atoms with E-state index in [1.54, 1.807) is 0 Å². The predicted octanol–water partition coefficient (Wildman–Crippen LogP) is 16.6. The quantitative estimate of drug-likeness (QED) is 0.154. The Balaban J connectivity index is 0.885. The lowest BCUT2D eigenvalue weighted by Crippen LogP contribution is -2.61. The Morgan fingerprint density at radius 2 is 0.671 bits per heavy atom. The first kappa shape index (κ1) is 41.6. The highest BCUT2D eigenvalue weighted by molar-refractivity contribution is 7.99. The summed E-state index contributed by atoms with van der Waals surface area (Å²) in [6, 6.07) is 94.7. The largest absolute Gasteiger partial charge is 0.453 e. The van der Waals surface area contributed by atoms with Gasteiger partial charge in [-0.1, -0.05) is 151 Å². The van der Waals surface area contributed by atoms with Crippen LogP contribution in [-0.2, 0) is 0 Å². The van der Waals surface area contributed by atoms with Crippen molar-refractivity contribution >= 4 is 103 Å². The Kier molecular flexibility index (Phi) is 9.53. The molecule has 0 saturated carbocycles. The molecule has 4 aliphatic heterocycles. The molecule has 342 valence electrons. The highest BCUT2D eigenvalue weighted by atomic mass is 32.2. The third kappa shape index (κ3) is 6.66. The van der Waals surface area contributed by atoms with Gasteiger partial charge in [0.25, 0.3) is 6.71 Å². The minimum Gasteiger partial charge on any atom is -0.453 e. The van der Waals surface area contributed by atoms with E-state index in [0.29, 0.717) is 0 Å². The van der Waals surface area contributed by atoms with Crippen molar-refractivity contribution in [1.82, 2.24) is 0 Å². The van der Waals surface area contributed by atoms with Crippen molar-refractivity contribution in [2.24, 2.45) is 0 Å². The first-order chi connectivity index (χ1) is 36.2. The van der Waals surface area contributed by atoms with Crippen molar-refractivity contribution in [2.45, 2.75) is 9.79 Å². The molecule has 4 aliphatic rings. The maximum atomic E-state index is 6.73. The summed E-state index contributed by atoms with van der Waals surface area (Å²) in [5.74, 6) is 1.65. The summed E-state index contributed by atoms with van der Waals surface area (Å²) in [6.07, 6.45) is 0. The molecule has 0 spiro atoms. The van der Waals surface area contributed by atoms with Crippen LogP contribution >= 0.6 is 11.8 Å². The first-order valence-corrected chi connectivity index (χ1v) is 25.7. The SMILES string of the molecule is c1ccc(N2c3ccccc3Oc3cc(-c4ccc5c(c4)N(c4ccccc4)c4cccc6c4B5c4ccc(-c5ccc7c(c5)Sc5ccccc5N7c5ccccc5)cc4N6c4ccccc4)ccc32)cc1. The molecule has 0 fully saturated rings. The average molecular weight is 951 g/mol. The molecular formula is C66H43BN4OS. The van der Waals surface area contributed by atoms with Gasteiger partial charge in [0, 0.05) is 55.3 Å². The van der Waals surface area contributed by atoms with E-state index in [-0.39, 0.29) is 6.71 Å². The smallest absolute Gasteiger partial charge is 0.252 e. The normalized spacial score (nSPS) is 13.4. The highest BCUT2D eigenvalue weighted by Gasteiger charge is 2.43. The number of nitrogens with zero attached hydrogens (tertiary/aromatic N) is 4. The van der Waals surface area contributed by atoms with E-state index < -0.39 is 0 Å². The van der Waals surface area contributed by atoms with Crippen molar-refractivity contribution in [3.05, 3.63) is 261 Å². The van der Waals surface area contributed by atoms with Crippen LogP contribution in [0.1, 0.15) is 0 Å². The molecule has 73 heavy (non-hydrogen) atoms. The van der Waals surface area contributed by atoms with Crippen LogP contribution in [0.25, 0.3) is 22.3 Å². The van der Waals surface area contributed by atoms with Gasteiger partial charge in [0.1, 0.15) is 0 Å². The number of benzene rings is 11. The molecule has 0 aliphatic carbocycles. The van der Waals surface area contributed by atoms with Gasteiger partial charge in [0.05, 0.1) is 22.7 Å². The molecular weight excluding hydrogens is 908 g/mol. The van der Waals surface area contributed by atoms with Crippen LogP contribution in [0.4, 0.5) is 68.2 Å². The molecule has 0 saturated heterocycles. The number of ether oxygens (including phenoxy) is 1. The van der Waals surface area contributed by atoms with Crippen molar-refractivity contribution in [3.8, 4) is 33.8 Å². The fourth-order valence-corrected chi connectivity index (χ4v) is 12.7. The Morgan fingerprint density at radius 1 is 0.274 bits per heavy atom. The lowest BCUT2D eigenvalue weighted by atomic mass is 9.33. The second kappa shape index (κ2) is 16.7. The first-order valence-electron chi connectivity index (χ1n) is 24.9. The van der Waals surface area contributed by atoms with E-state index in [1.807, 2.05) is 17.8 Å². The summed E-state index contributed by atoms with van der Waals surface area (Å²) < 4.78 is 6.73. The van der Waals surface area contributed by atoms with Crippen molar-refractivity contribution in [1.29, 1.82) is 0 Å². The standard InChI is InChI=1S/C66H43BN4OS/c1-5-18-48(19-6-1)68-54-26-13-15-30-62(54)72-63-42-46(34-38-55(63)68)44-32-36-52-60(40-44)70(50-22-9-3-10-23-50)58-28-17-29-59-66(58)67(52)53-37-33-45(41-61(53)71(59)51-24-11-4-12-25-51)47-35-39-57-65(43-47)73-64-31-16-14-27-56(64)69(57)49-20-7-2-8-21-49/h1-43H. The Morgan fingerprint density at radius 3 is 1.25 bits per heavy atom. The predicted molar refractivity (Wildman–Crippen MR) is 305 cm³/mol. The lowest BCUT2D eigenvalue weighted by molar-refractivity contribution is 0.477. The molecule has 11 aromatic carbocycles. The Bertz CT molecular complexity index is 3710. The molecule has 0 unspecified atom stereocenters. The zero-order chi connectivity index (χ0) is 48.0. The molecule has 4 heterocycles. The monoisotopic (exact) mass is 950 g/mol. The van der Waals surface area contributed by atoms with E-state index in [2.05, 4.69) is 274 Å². The summed E-state index contributed by atoms with van der Waals surface area (Å²) in [6.45, 7) is -0.0305. The minimum absolute atomic E-state index is 0.0305. The van der Waals surface area contributed by atoms with Gasteiger partial charge in [-0.3, -0.25) is 0 Å². The maximum absolute atomic E-state index is 6.73. The zero-order valence-electron chi connectivity index (χ0n) is 39.5. The Labute approximate surface area is 429 Å². The summed E-state index contributed by atoms with van der Waals surface area (Å²) in [5.41, 5.74) is 22.0. The average Bonchev–Trinajstić information content (AvgIpc) is 3.46. The summed E-state index contributed by atoms with van der Waals surface area (Å²) in [4.78, 5) is 12.1. The van der Waals surface area contributed by atoms with Crippen LogP contribution in [0.5, 0.6) is 11.5 Å². The third-order valence-electron chi connectivity index (χ3n) is 14.8. The molecule has 11 aromatic rings. The van der Waals surface area contributed by atoms with Gasteiger partial charge in [0.2, 0.25) is 0 Å². The number of hydrogen-bond donors (Lipinski definition) is 0. The van der Waals surface area contributed by atoms with Crippen molar-refractivity contribution in [3.63, 3.8) is 0 Å². The molecule has 0 N–H and O–H groups in total. The van der Waals surface area contributed by atoms with Crippen LogP contribution in [-0.4, -0.2) is 6.71 Å². The van der Waals surface area contributed by atoms with Crippen LogP contribution in [0.2, 0.25) is 0 Å². The molecule has 0 radical (unpaired) electrons. The van der Waals surface area contributed by atoms with E-state index in [4.69, 9.17) is 4.74 Å². The van der Waals surface area contributed by atoms with Gasteiger partial charge >= 0.3 is 0 Å². The molecule has 0 amide bonds. The van der Waals surface area contributed by atoms with Crippen LogP contribution < -0.4 is 40.7 Å². The summed E-state index contributed by atoms with van der Waals surface area (Å²) >= 11 is 1.85. The van der Waals surface area contributed by atoms with Crippen LogP contribution in [0.15, 0.2) is 271 Å².